The lowest BCUT2D eigenvalue weighted by Crippen LogP contribution is -2.42. The molecule has 11 nitrogen and oxygen atoms in total. The highest BCUT2D eigenvalue weighted by Gasteiger charge is 2.41. The number of hydrogen-bond acceptors (Lipinski definition) is 10. The molecule has 0 saturated carbocycles. The third-order valence-corrected chi connectivity index (χ3v) is 10.7. The Morgan fingerprint density at radius 2 is 1.51 bits per heavy atom. The summed E-state index contributed by atoms with van der Waals surface area (Å²) in [5.74, 6) is 0.153. The molecule has 2 saturated heterocycles. The van der Waals surface area contributed by atoms with Gasteiger partial charge in [0.15, 0.2) is 12.1 Å². The number of benzene rings is 5. The van der Waals surface area contributed by atoms with Crippen LogP contribution in [0.2, 0.25) is 0 Å². The molecule has 3 amide bonds. The minimum Gasteiger partial charge on any atom is -0.445 e. The van der Waals surface area contributed by atoms with Crippen molar-refractivity contribution in [3.05, 3.63) is 162 Å². The largest absolute Gasteiger partial charge is 0.445 e. The van der Waals surface area contributed by atoms with E-state index in [0.717, 1.165) is 38.4 Å². The van der Waals surface area contributed by atoms with E-state index in [4.69, 9.17) is 23.6 Å². The number of imide groups is 1. The van der Waals surface area contributed by atoms with Crippen molar-refractivity contribution in [1.82, 2.24) is 10.3 Å². The molecular formula is C45H39N3O8S. The fraction of sp³-hybridized carbons (Fsp3) is 0.200. The van der Waals surface area contributed by atoms with Crippen molar-refractivity contribution in [2.24, 2.45) is 0 Å². The van der Waals surface area contributed by atoms with Crippen LogP contribution in [0.15, 0.2) is 149 Å². The highest BCUT2D eigenvalue weighted by atomic mass is 32.2. The number of thioether (sulfide) groups is 1. The molecule has 0 radical (unpaired) electrons. The molecule has 2 N–H and O–H groups in total. The van der Waals surface area contributed by atoms with Crippen LogP contribution in [-0.2, 0) is 37.0 Å². The normalized spacial score (nSPS) is 19.4. The number of nitrogens with one attached hydrogen (secondary N) is 1. The molecule has 288 valence electrons. The van der Waals surface area contributed by atoms with Crippen molar-refractivity contribution in [3.63, 3.8) is 0 Å². The zero-order chi connectivity index (χ0) is 39.1. The number of carbonyl (C=O) groups excluding carboxylic acids is 3. The summed E-state index contributed by atoms with van der Waals surface area (Å²) in [7, 11) is 0. The van der Waals surface area contributed by atoms with Gasteiger partial charge >= 0.3 is 6.09 Å². The number of amides is 3. The van der Waals surface area contributed by atoms with Gasteiger partial charge in [0.25, 0.3) is 11.1 Å². The minimum atomic E-state index is -1.07. The van der Waals surface area contributed by atoms with Crippen molar-refractivity contribution in [1.29, 1.82) is 0 Å². The van der Waals surface area contributed by atoms with Crippen LogP contribution in [0.4, 0.5) is 10.5 Å². The maximum atomic E-state index is 13.5. The van der Waals surface area contributed by atoms with Gasteiger partial charge in [-0.25, -0.2) is 14.7 Å². The van der Waals surface area contributed by atoms with Crippen molar-refractivity contribution in [2.75, 3.05) is 10.7 Å². The van der Waals surface area contributed by atoms with Crippen LogP contribution < -0.4 is 10.2 Å². The summed E-state index contributed by atoms with van der Waals surface area (Å²) in [6, 6.07) is 42.4. The summed E-state index contributed by atoms with van der Waals surface area (Å²) < 4.78 is 24.8. The summed E-state index contributed by atoms with van der Waals surface area (Å²) in [5, 5.41) is 12.7. The maximum absolute atomic E-state index is 13.5. The number of aliphatic hydroxyl groups is 1. The van der Waals surface area contributed by atoms with Crippen molar-refractivity contribution >= 4 is 35.4 Å². The van der Waals surface area contributed by atoms with Gasteiger partial charge in [0, 0.05) is 28.9 Å². The van der Waals surface area contributed by atoms with Gasteiger partial charge in [0.05, 0.1) is 30.9 Å². The van der Waals surface area contributed by atoms with E-state index in [1.807, 2.05) is 121 Å². The second-order valence-electron chi connectivity index (χ2n) is 13.7. The van der Waals surface area contributed by atoms with E-state index in [2.05, 4.69) is 5.32 Å². The van der Waals surface area contributed by atoms with Gasteiger partial charge in [0.1, 0.15) is 18.3 Å². The standard InChI is InChI=1S/C45H39N3O8S/c49-26-29-19-21-31(22-20-29)38-24-36(28-57-45-47-40(32-13-6-2-7-14-32)41(56-45)33-15-8-3-9-16-33)54-43(55-38)34-17-10-18-35(23-34)48-39(50)25-37(42(48)51)46-44(52)53-27-30-11-4-1-5-12-30/h1-23,36-38,43,49H,24-28H2,(H,46,52)/t36-,37?,38+,43+/m1/s1. The second kappa shape index (κ2) is 17.4. The summed E-state index contributed by atoms with van der Waals surface area (Å²) in [5.41, 5.74) is 6.05. The Labute approximate surface area is 333 Å². The number of alkyl carbamates (subject to hydrolysis) is 1. The van der Waals surface area contributed by atoms with Gasteiger partial charge in [-0.15, -0.1) is 0 Å². The number of anilines is 1. The van der Waals surface area contributed by atoms with E-state index in [-0.39, 0.29) is 31.8 Å². The van der Waals surface area contributed by atoms with Gasteiger partial charge in [-0.3, -0.25) is 9.59 Å². The molecule has 0 bridgehead atoms. The first-order chi connectivity index (χ1) is 27.9. The monoisotopic (exact) mass is 781 g/mol. The number of aliphatic hydroxyl groups excluding tert-OH is 1. The predicted molar refractivity (Wildman–Crippen MR) is 214 cm³/mol. The predicted octanol–water partition coefficient (Wildman–Crippen LogP) is 8.40. The van der Waals surface area contributed by atoms with Crippen LogP contribution in [0.1, 0.15) is 47.5 Å². The first kappa shape index (κ1) is 37.9. The second-order valence-corrected chi connectivity index (χ2v) is 14.6. The number of oxazole rings is 1. The molecule has 6 aromatic rings. The Kier molecular flexibility index (Phi) is 11.6. The van der Waals surface area contributed by atoms with Crippen LogP contribution in [0.3, 0.4) is 0 Å². The van der Waals surface area contributed by atoms with E-state index < -0.39 is 30.2 Å². The fourth-order valence-corrected chi connectivity index (χ4v) is 7.70. The summed E-state index contributed by atoms with van der Waals surface area (Å²) in [6.45, 7) is -0.0445. The lowest BCUT2D eigenvalue weighted by atomic mass is 10.0. The molecule has 0 aliphatic carbocycles. The molecule has 1 unspecified atom stereocenters. The lowest BCUT2D eigenvalue weighted by molar-refractivity contribution is -0.245. The van der Waals surface area contributed by atoms with E-state index in [1.165, 1.54) is 11.8 Å². The first-order valence-corrected chi connectivity index (χ1v) is 19.6. The lowest BCUT2D eigenvalue weighted by Gasteiger charge is -2.36. The molecule has 8 rings (SSSR count). The number of carbonyl (C=O) groups is 3. The van der Waals surface area contributed by atoms with E-state index >= 15 is 0 Å². The molecule has 4 atom stereocenters. The van der Waals surface area contributed by atoms with Crippen LogP contribution in [0.25, 0.3) is 22.6 Å². The number of hydrogen-bond donors (Lipinski definition) is 2. The van der Waals surface area contributed by atoms with E-state index in [9.17, 15) is 19.5 Å². The molecular weight excluding hydrogens is 743 g/mol. The fourth-order valence-electron chi connectivity index (χ4n) is 6.86. The molecule has 2 aliphatic rings. The number of aromatic nitrogens is 1. The number of nitrogens with zero attached hydrogens (tertiary/aromatic N) is 2. The Balaban J connectivity index is 1.00. The minimum absolute atomic E-state index is 0.0300. The zero-order valence-corrected chi connectivity index (χ0v) is 31.5. The number of rotatable bonds is 12. The smallest absolute Gasteiger partial charge is 0.408 e. The Bertz CT molecular complexity index is 2270. The average molecular weight is 782 g/mol. The molecule has 0 spiro atoms. The Hall–Kier alpha value is -6.05. The van der Waals surface area contributed by atoms with Gasteiger partial charge in [0.2, 0.25) is 5.91 Å². The molecule has 12 heteroatoms. The first-order valence-electron chi connectivity index (χ1n) is 18.6. The van der Waals surface area contributed by atoms with Gasteiger partial charge in [-0.05, 0) is 28.8 Å². The van der Waals surface area contributed by atoms with Crippen LogP contribution >= 0.6 is 11.8 Å². The van der Waals surface area contributed by atoms with Gasteiger partial charge in [-0.2, -0.15) is 0 Å². The molecule has 5 aromatic carbocycles. The van der Waals surface area contributed by atoms with Gasteiger partial charge in [-0.1, -0.05) is 139 Å². The molecule has 1 aromatic heterocycles. The summed E-state index contributed by atoms with van der Waals surface area (Å²) in [4.78, 5) is 45.3. The topological polar surface area (TPSA) is 140 Å². The highest BCUT2D eigenvalue weighted by molar-refractivity contribution is 7.99. The van der Waals surface area contributed by atoms with Crippen molar-refractivity contribution in [2.45, 2.75) is 55.8 Å². The third kappa shape index (κ3) is 8.84. The Morgan fingerprint density at radius 3 is 2.23 bits per heavy atom. The van der Waals surface area contributed by atoms with Crippen molar-refractivity contribution in [3.8, 4) is 22.6 Å². The molecule has 2 fully saturated rings. The molecule has 3 heterocycles. The third-order valence-electron chi connectivity index (χ3n) is 9.75. The van der Waals surface area contributed by atoms with Crippen LogP contribution in [0, 0.1) is 0 Å². The zero-order valence-electron chi connectivity index (χ0n) is 30.7. The molecule has 57 heavy (non-hydrogen) atoms. The van der Waals surface area contributed by atoms with E-state index in [0.29, 0.717) is 34.4 Å². The van der Waals surface area contributed by atoms with Gasteiger partial charge < -0.3 is 29.1 Å². The van der Waals surface area contributed by atoms with E-state index in [1.54, 1.807) is 18.2 Å². The Morgan fingerprint density at radius 1 is 0.807 bits per heavy atom. The summed E-state index contributed by atoms with van der Waals surface area (Å²) in [6.07, 6.45) is -2.02. The SMILES string of the molecule is O=C(NC1CC(=O)N(c2cccc([C@H]3O[C@@H](CSc4nc(-c5ccccc5)c(-c5ccccc5)o4)C[C@@H](c4ccc(CO)cc4)O3)c2)C1=O)OCc1ccccc1. The van der Waals surface area contributed by atoms with Crippen molar-refractivity contribution < 1.29 is 38.1 Å². The quantitative estimate of drug-likeness (QED) is 0.0919. The number of ether oxygens (including phenoxy) is 3. The summed E-state index contributed by atoms with van der Waals surface area (Å²) >= 11 is 1.45. The maximum Gasteiger partial charge on any atom is 0.408 e. The average Bonchev–Trinajstić information content (AvgIpc) is 3.82. The van der Waals surface area contributed by atoms with Crippen LogP contribution in [0.5, 0.6) is 0 Å². The van der Waals surface area contributed by atoms with Crippen LogP contribution in [-0.4, -0.2) is 45.9 Å². The molecule has 2 aliphatic heterocycles. The highest BCUT2D eigenvalue weighted by Crippen LogP contribution is 2.42.